The van der Waals surface area contributed by atoms with Crippen LogP contribution in [0.1, 0.15) is 49.9 Å². The number of fused-ring (bicyclic) bond motifs is 2. The molecule has 2 aromatic carbocycles. The van der Waals surface area contributed by atoms with E-state index < -0.39 is 0 Å². The van der Waals surface area contributed by atoms with Crippen molar-refractivity contribution in [2.24, 2.45) is 4.99 Å². The molecule has 1 N–H and O–H groups in total. The summed E-state index contributed by atoms with van der Waals surface area (Å²) in [7, 11) is 0. The molecule has 0 saturated heterocycles. The number of allylic oxidation sites excluding steroid dienone is 1. The van der Waals surface area contributed by atoms with E-state index in [1.54, 1.807) is 0 Å². The first-order valence-electron chi connectivity index (χ1n) is 9.09. The van der Waals surface area contributed by atoms with Crippen LogP contribution in [0, 0.1) is 0 Å². The van der Waals surface area contributed by atoms with E-state index in [0.29, 0.717) is 0 Å². The third-order valence-corrected chi connectivity index (χ3v) is 5.03. The fourth-order valence-corrected chi connectivity index (χ4v) is 4.07. The van der Waals surface area contributed by atoms with Crippen molar-refractivity contribution in [3.05, 3.63) is 76.9 Å². The maximum atomic E-state index is 5.07. The number of benzene rings is 2. The zero-order valence-corrected chi connectivity index (χ0v) is 15.6. The van der Waals surface area contributed by atoms with Crippen molar-refractivity contribution in [1.82, 2.24) is 5.32 Å². The minimum absolute atomic E-state index is 0.0461. The summed E-state index contributed by atoms with van der Waals surface area (Å²) in [5.41, 5.74) is 7.59. The normalized spacial score (nSPS) is 21.8. The van der Waals surface area contributed by atoms with Crippen molar-refractivity contribution in [2.45, 2.75) is 51.6 Å². The maximum Gasteiger partial charge on any atom is 0.0676 e. The highest BCUT2D eigenvalue weighted by Crippen LogP contribution is 2.32. The van der Waals surface area contributed by atoms with Gasteiger partial charge in [-0.2, -0.15) is 0 Å². The van der Waals surface area contributed by atoms with E-state index >= 15 is 0 Å². The number of aliphatic imine (C=N–C) groups is 1. The molecule has 0 bridgehead atoms. The number of hydrogen-bond acceptors (Lipinski definition) is 2. The fourth-order valence-electron chi connectivity index (χ4n) is 4.07. The zero-order valence-electron chi connectivity index (χ0n) is 15.6. The average molecular weight is 330 g/mol. The molecule has 4 rings (SSSR count). The number of nitrogens with one attached hydrogen (secondary N) is 1. The van der Waals surface area contributed by atoms with Gasteiger partial charge in [-0.25, -0.2) is 0 Å². The molecule has 25 heavy (non-hydrogen) atoms. The third kappa shape index (κ3) is 3.13. The first kappa shape index (κ1) is 16.1. The Kier molecular flexibility index (Phi) is 3.61. The van der Waals surface area contributed by atoms with Crippen molar-refractivity contribution in [1.29, 1.82) is 0 Å². The monoisotopic (exact) mass is 330 g/mol. The average Bonchev–Trinajstić information content (AvgIpc) is 2.52. The lowest BCUT2D eigenvalue weighted by atomic mass is 9.84. The quantitative estimate of drug-likeness (QED) is 0.800. The van der Waals surface area contributed by atoms with E-state index in [1.165, 1.54) is 28.0 Å². The summed E-state index contributed by atoms with van der Waals surface area (Å²) in [6, 6.07) is 17.4. The van der Waals surface area contributed by atoms with Gasteiger partial charge in [0.2, 0.25) is 0 Å². The molecule has 0 unspecified atom stereocenters. The lowest BCUT2D eigenvalue weighted by Crippen LogP contribution is -2.44. The van der Waals surface area contributed by atoms with Gasteiger partial charge in [0.25, 0.3) is 0 Å². The molecule has 2 aliphatic rings. The SMILES string of the molecule is CC1(C)Cc2ccccc2C(/C=C2/NC(C)(C)Cc3ccccc32)=N1. The summed E-state index contributed by atoms with van der Waals surface area (Å²) in [5, 5.41) is 3.73. The summed E-state index contributed by atoms with van der Waals surface area (Å²) in [4.78, 5) is 5.07. The Morgan fingerprint density at radius 1 is 0.840 bits per heavy atom. The number of rotatable bonds is 1. The van der Waals surface area contributed by atoms with Gasteiger partial charge in [-0.1, -0.05) is 48.5 Å². The minimum atomic E-state index is -0.0650. The molecule has 2 nitrogen and oxygen atoms in total. The van der Waals surface area contributed by atoms with Crippen molar-refractivity contribution in [3.63, 3.8) is 0 Å². The standard InChI is InChI=1S/C23H26N2/c1-22(2)14-16-9-5-7-11-18(16)20(24-22)13-21-19-12-8-6-10-17(19)15-23(3,4)25-21/h5-13,24H,14-15H2,1-4H3/b20-13+. The Balaban J connectivity index is 1.86. The summed E-state index contributed by atoms with van der Waals surface area (Å²) in [6.45, 7) is 8.95. The molecule has 0 saturated carbocycles. The second-order valence-electron chi connectivity index (χ2n) is 8.54. The topological polar surface area (TPSA) is 24.4 Å². The third-order valence-electron chi connectivity index (χ3n) is 5.03. The Morgan fingerprint density at radius 3 is 2.16 bits per heavy atom. The van der Waals surface area contributed by atoms with Gasteiger partial charge in [0.05, 0.1) is 11.3 Å². The van der Waals surface area contributed by atoms with Gasteiger partial charge in [-0.05, 0) is 57.7 Å². The predicted octanol–water partition coefficient (Wildman–Crippen LogP) is 4.78. The van der Waals surface area contributed by atoms with Crippen LogP contribution in [0.4, 0.5) is 0 Å². The molecule has 0 spiro atoms. The summed E-state index contributed by atoms with van der Waals surface area (Å²) in [5.74, 6) is 0. The lowest BCUT2D eigenvalue weighted by Gasteiger charge is -2.36. The number of hydrogen-bond donors (Lipinski definition) is 1. The Labute approximate surface area is 150 Å². The first-order chi connectivity index (χ1) is 11.8. The summed E-state index contributed by atoms with van der Waals surface area (Å²) in [6.07, 6.45) is 4.28. The van der Waals surface area contributed by atoms with Crippen LogP contribution in [0.2, 0.25) is 0 Å². The fraction of sp³-hybridized carbons (Fsp3) is 0.348. The minimum Gasteiger partial charge on any atom is -0.379 e. The second-order valence-corrected chi connectivity index (χ2v) is 8.54. The van der Waals surface area contributed by atoms with Crippen LogP contribution in [0.3, 0.4) is 0 Å². The van der Waals surface area contributed by atoms with E-state index in [0.717, 1.165) is 18.6 Å². The van der Waals surface area contributed by atoms with E-state index in [2.05, 4.69) is 87.6 Å². The van der Waals surface area contributed by atoms with Crippen LogP contribution in [0.5, 0.6) is 0 Å². The van der Waals surface area contributed by atoms with Gasteiger partial charge in [0.15, 0.2) is 0 Å². The van der Waals surface area contributed by atoms with Gasteiger partial charge in [0.1, 0.15) is 0 Å². The van der Waals surface area contributed by atoms with E-state index in [9.17, 15) is 0 Å². The lowest BCUT2D eigenvalue weighted by molar-refractivity contribution is 0.437. The molecular weight excluding hydrogens is 304 g/mol. The molecule has 128 valence electrons. The van der Waals surface area contributed by atoms with Crippen molar-refractivity contribution < 1.29 is 0 Å². The highest BCUT2D eigenvalue weighted by molar-refractivity contribution is 6.14. The Bertz CT molecular complexity index is 884. The molecule has 0 fully saturated rings. The molecular formula is C23H26N2. The van der Waals surface area contributed by atoms with Crippen molar-refractivity contribution >= 4 is 11.4 Å². The summed E-state index contributed by atoms with van der Waals surface area (Å²) >= 11 is 0. The first-order valence-corrected chi connectivity index (χ1v) is 9.09. The molecule has 0 aromatic heterocycles. The van der Waals surface area contributed by atoms with Gasteiger partial charge in [-0.3, -0.25) is 4.99 Å². The van der Waals surface area contributed by atoms with Crippen molar-refractivity contribution in [3.8, 4) is 0 Å². The van der Waals surface area contributed by atoms with E-state index in [4.69, 9.17) is 4.99 Å². The summed E-state index contributed by atoms with van der Waals surface area (Å²) < 4.78 is 0. The van der Waals surface area contributed by atoms with Crippen LogP contribution in [0.15, 0.2) is 59.6 Å². The van der Waals surface area contributed by atoms with Crippen LogP contribution in [-0.4, -0.2) is 16.8 Å². The van der Waals surface area contributed by atoms with E-state index in [-0.39, 0.29) is 11.1 Å². The predicted molar refractivity (Wildman–Crippen MR) is 106 cm³/mol. The molecule has 0 atom stereocenters. The van der Waals surface area contributed by atoms with Crippen LogP contribution < -0.4 is 5.32 Å². The molecule has 2 heterocycles. The van der Waals surface area contributed by atoms with E-state index in [1.807, 2.05) is 0 Å². The highest BCUT2D eigenvalue weighted by atomic mass is 15.0. The van der Waals surface area contributed by atoms with Gasteiger partial charge in [-0.15, -0.1) is 0 Å². The van der Waals surface area contributed by atoms with Crippen molar-refractivity contribution in [2.75, 3.05) is 0 Å². The molecule has 0 amide bonds. The maximum absolute atomic E-state index is 5.07. The van der Waals surface area contributed by atoms with Gasteiger partial charge >= 0.3 is 0 Å². The smallest absolute Gasteiger partial charge is 0.0676 e. The molecule has 0 aliphatic carbocycles. The molecule has 2 heteroatoms. The zero-order chi connectivity index (χ0) is 17.7. The van der Waals surface area contributed by atoms with Crippen LogP contribution in [0.25, 0.3) is 5.70 Å². The van der Waals surface area contributed by atoms with Gasteiger partial charge < -0.3 is 5.32 Å². The van der Waals surface area contributed by atoms with Crippen LogP contribution >= 0.6 is 0 Å². The Hall–Kier alpha value is -2.35. The largest absolute Gasteiger partial charge is 0.379 e. The number of nitrogens with zero attached hydrogens (tertiary/aromatic N) is 1. The Morgan fingerprint density at radius 2 is 1.44 bits per heavy atom. The molecule has 0 radical (unpaired) electrons. The highest BCUT2D eigenvalue weighted by Gasteiger charge is 2.29. The molecule has 2 aliphatic heterocycles. The van der Waals surface area contributed by atoms with Crippen LogP contribution in [-0.2, 0) is 12.8 Å². The molecule has 2 aromatic rings. The van der Waals surface area contributed by atoms with Gasteiger partial charge in [0, 0.05) is 22.4 Å². The second kappa shape index (κ2) is 5.59.